The molecule has 0 radical (unpaired) electrons. The van der Waals surface area contributed by atoms with E-state index >= 15 is 0 Å². The van der Waals surface area contributed by atoms with E-state index in [4.69, 9.17) is 0 Å². The molecule has 6 nitrogen and oxygen atoms in total. The number of aromatic nitrogens is 2. The molecule has 0 atom stereocenters. The van der Waals surface area contributed by atoms with E-state index in [0.717, 1.165) is 0 Å². The van der Waals surface area contributed by atoms with Crippen molar-refractivity contribution < 1.29 is 4.92 Å². The second-order valence-corrected chi connectivity index (χ2v) is 3.31. The predicted molar refractivity (Wildman–Crippen MR) is 54.8 cm³/mol. The van der Waals surface area contributed by atoms with Crippen molar-refractivity contribution in [2.24, 2.45) is 14.1 Å². The van der Waals surface area contributed by atoms with Crippen molar-refractivity contribution in [2.75, 3.05) is 0 Å². The summed E-state index contributed by atoms with van der Waals surface area (Å²) < 4.78 is 3.00. The first-order chi connectivity index (χ1) is 7.02. The minimum atomic E-state index is -0.475. The Labute approximate surface area is 84.5 Å². The lowest BCUT2D eigenvalue weighted by atomic mass is 10.2. The SMILES string of the molecule is Cn1c(=O)c2ccc([N+](=O)[O-])cc2n1C. The van der Waals surface area contributed by atoms with Crippen LogP contribution < -0.4 is 5.56 Å². The Kier molecular flexibility index (Phi) is 1.85. The average molecular weight is 207 g/mol. The van der Waals surface area contributed by atoms with Crippen LogP contribution in [0.1, 0.15) is 0 Å². The van der Waals surface area contributed by atoms with Crippen LogP contribution in [-0.2, 0) is 14.1 Å². The molecule has 0 amide bonds. The second-order valence-electron chi connectivity index (χ2n) is 3.31. The fraction of sp³-hybridized carbons (Fsp3) is 0.222. The summed E-state index contributed by atoms with van der Waals surface area (Å²) in [6.07, 6.45) is 0. The second kappa shape index (κ2) is 2.94. The Bertz CT molecular complexity index is 609. The molecule has 1 heterocycles. The first-order valence-corrected chi connectivity index (χ1v) is 4.32. The van der Waals surface area contributed by atoms with Crippen LogP contribution in [-0.4, -0.2) is 14.3 Å². The monoisotopic (exact) mass is 207 g/mol. The zero-order valence-corrected chi connectivity index (χ0v) is 8.30. The van der Waals surface area contributed by atoms with Gasteiger partial charge in [0.15, 0.2) is 0 Å². The third kappa shape index (κ3) is 1.22. The highest BCUT2D eigenvalue weighted by atomic mass is 16.6. The predicted octanol–water partition coefficient (Wildman–Crippen LogP) is 0.785. The number of rotatable bonds is 1. The average Bonchev–Trinajstić information content (AvgIpc) is 2.44. The van der Waals surface area contributed by atoms with E-state index in [1.54, 1.807) is 18.8 Å². The van der Waals surface area contributed by atoms with Gasteiger partial charge in [0.2, 0.25) is 0 Å². The largest absolute Gasteiger partial charge is 0.285 e. The molecule has 6 heteroatoms. The summed E-state index contributed by atoms with van der Waals surface area (Å²) in [5.41, 5.74) is 0.405. The van der Waals surface area contributed by atoms with E-state index in [2.05, 4.69) is 0 Å². The molecule has 0 bridgehead atoms. The van der Waals surface area contributed by atoms with Crippen LogP contribution in [0.3, 0.4) is 0 Å². The topological polar surface area (TPSA) is 70.1 Å². The minimum Gasteiger partial charge on any atom is -0.285 e. The summed E-state index contributed by atoms with van der Waals surface area (Å²) in [5.74, 6) is 0. The highest BCUT2D eigenvalue weighted by molar-refractivity contribution is 5.80. The maximum absolute atomic E-state index is 11.6. The molecule has 0 aliphatic heterocycles. The molecule has 1 aromatic heterocycles. The van der Waals surface area contributed by atoms with Gasteiger partial charge in [-0.05, 0) is 6.07 Å². The highest BCUT2D eigenvalue weighted by Crippen LogP contribution is 2.17. The van der Waals surface area contributed by atoms with Crippen LogP contribution in [0, 0.1) is 10.1 Å². The molecule has 0 N–H and O–H groups in total. The number of nitro benzene ring substituents is 1. The van der Waals surface area contributed by atoms with E-state index in [1.807, 2.05) is 0 Å². The van der Waals surface area contributed by atoms with Crippen molar-refractivity contribution >= 4 is 16.6 Å². The van der Waals surface area contributed by atoms with E-state index in [-0.39, 0.29) is 11.2 Å². The summed E-state index contributed by atoms with van der Waals surface area (Å²) in [5, 5.41) is 11.1. The molecular formula is C9H9N3O3. The van der Waals surface area contributed by atoms with Crippen molar-refractivity contribution in [3.8, 4) is 0 Å². The third-order valence-electron chi connectivity index (χ3n) is 2.52. The normalized spacial score (nSPS) is 10.8. The Morgan fingerprint density at radius 1 is 1.27 bits per heavy atom. The minimum absolute atomic E-state index is 0.0105. The Morgan fingerprint density at radius 2 is 1.93 bits per heavy atom. The zero-order valence-electron chi connectivity index (χ0n) is 8.30. The smallest absolute Gasteiger partial charge is 0.274 e. The quantitative estimate of drug-likeness (QED) is 0.512. The van der Waals surface area contributed by atoms with Crippen molar-refractivity contribution in [3.05, 3.63) is 38.7 Å². The molecule has 0 aliphatic carbocycles. The van der Waals surface area contributed by atoms with Gasteiger partial charge in [0.1, 0.15) is 0 Å². The Balaban J connectivity index is 2.89. The summed E-state index contributed by atoms with van der Waals surface area (Å²) in [4.78, 5) is 21.7. The summed E-state index contributed by atoms with van der Waals surface area (Å²) in [7, 11) is 3.31. The third-order valence-corrected chi connectivity index (χ3v) is 2.52. The summed E-state index contributed by atoms with van der Waals surface area (Å²) in [6, 6.07) is 4.22. The van der Waals surface area contributed by atoms with Gasteiger partial charge in [-0.25, -0.2) is 0 Å². The summed E-state index contributed by atoms with van der Waals surface area (Å²) in [6.45, 7) is 0. The van der Waals surface area contributed by atoms with Gasteiger partial charge in [0.05, 0.1) is 15.8 Å². The molecule has 2 aromatic rings. The van der Waals surface area contributed by atoms with E-state index in [0.29, 0.717) is 10.9 Å². The number of nitro groups is 1. The first-order valence-electron chi connectivity index (χ1n) is 4.32. The van der Waals surface area contributed by atoms with Crippen molar-refractivity contribution in [3.63, 3.8) is 0 Å². The van der Waals surface area contributed by atoms with E-state index < -0.39 is 4.92 Å². The number of benzene rings is 1. The number of hydrogen-bond donors (Lipinski definition) is 0. The molecule has 0 spiro atoms. The lowest BCUT2D eigenvalue weighted by Gasteiger charge is -1.99. The van der Waals surface area contributed by atoms with Crippen LogP contribution in [0.5, 0.6) is 0 Å². The molecule has 0 saturated heterocycles. The van der Waals surface area contributed by atoms with Gasteiger partial charge < -0.3 is 0 Å². The van der Waals surface area contributed by atoms with Gasteiger partial charge in [-0.3, -0.25) is 24.3 Å². The van der Waals surface area contributed by atoms with Crippen LogP contribution in [0.15, 0.2) is 23.0 Å². The van der Waals surface area contributed by atoms with Crippen molar-refractivity contribution in [2.45, 2.75) is 0 Å². The first kappa shape index (κ1) is 9.45. The highest BCUT2D eigenvalue weighted by Gasteiger charge is 2.12. The molecule has 0 fully saturated rings. The van der Waals surface area contributed by atoms with Crippen LogP contribution in [0.25, 0.3) is 10.9 Å². The zero-order chi connectivity index (χ0) is 11.2. The number of aryl methyl sites for hydroxylation is 1. The van der Waals surface area contributed by atoms with E-state index in [1.165, 1.54) is 22.9 Å². The fourth-order valence-electron chi connectivity index (χ4n) is 1.55. The molecule has 15 heavy (non-hydrogen) atoms. The van der Waals surface area contributed by atoms with Gasteiger partial charge in [0.25, 0.3) is 11.2 Å². The molecular weight excluding hydrogens is 198 g/mol. The van der Waals surface area contributed by atoms with Gasteiger partial charge in [-0.2, -0.15) is 0 Å². The molecule has 2 rings (SSSR count). The van der Waals surface area contributed by atoms with Gasteiger partial charge in [0, 0.05) is 26.2 Å². The van der Waals surface area contributed by atoms with Gasteiger partial charge in [-0.15, -0.1) is 0 Å². The fourth-order valence-corrected chi connectivity index (χ4v) is 1.55. The molecule has 0 saturated carbocycles. The number of fused-ring (bicyclic) bond motifs is 1. The standard InChI is InChI=1S/C9H9N3O3/c1-10-8-5-6(12(14)15)3-4-7(8)9(13)11(10)2/h3-5H,1-2H3. The lowest BCUT2D eigenvalue weighted by Crippen LogP contribution is -2.16. The molecule has 78 valence electrons. The van der Waals surface area contributed by atoms with Crippen molar-refractivity contribution in [1.29, 1.82) is 0 Å². The molecule has 1 aromatic carbocycles. The van der Waals surface area contributed by atoms with Crippen LogP contribution in [0.4, 0.5) is 5.69 Å². The molecule has 0 aliphatic rings. The lowest BCUT2D eigenvalue weighted by molar-refractivity contribution is -0.384. The maximum atomic E-state index is 11.6. The van der Waals surface area contributed by atoms with Gasteiger partial charge >= 0.3 is 0 Å². The van der Waals surface area contributed by atoms with Gasteiger partial charge in [-0.1, -0.05) is 0 Å². The molecule has 0 unspecified atom stereocenters. The van der Waals surface area contributed by atoms with Crippen LogP contribution in [0.2, 0.25) is 0 Å². The number of nitrogens with zero attached hydrogens (tertiary/aromatic N) is 3. The Morgan fingerprint density at radius 3 is 2.53 bits per heavy atom. The number of non-ortho nitro benzene ring substituents is 1. The Hall–Kier alpha value is -2.11. The van der Waals surface area contributed by atoms with Crippen LogP contribution >= 0.6 is 0 Å². The van der Waals surface area contributed by atoms with E-state index in [9.17, 15) is 14.9 Å². The number of hydrogen-bond acceptors (Lipinski definition) is 3. The summed E-state index contributed by atoms with van der Waals surface area (Å²) >= 11 is 0. The van der Waals surface area contributed by atoms with Crippen molar-refractivity contribution in [1.82, 2.24) is 9.36 Å². The maximum Gasteiger partial charge on any atom is 0.274 e.